The normalized spacial score (nSPS) is 24.6. The summed E-state index contributed by atoms with van der Waals surface area (Å²) in [6.45, 7) is 0. The average Bonchev–Trinajstić information content (AvgIpc) is 2.52. The first kappa shape index (κ1) is 13.4. The molecule has 2 unspecified atom stereocenters. The molecule has 5 heteroatoms. The monoisotopic (exact) mass is 269 g/mol. The van der Waals surface area contributed by atoms with Gasteiger partial charge in [-0.05, 0) is 18.9 Å². The minimum Gasteiger partial charge on any atom is -0.346 e. The highest BCUT2D eigenvalue weighted by Crippen LogP contribution is 2.18. The van der Waals surface area contributed by atoms with E-state index in [9.17, 15) is 4.79 Å². The van der Waals surface area contributed by atoms with Crippen molar-refractivity contribution in [1.82, 2.24) is 9.88 Å². The van der Waals surface area contributed by atoms with Crippen LogP contribution in [0.1, 0.15) is 42.6 Å². The Morgan fingerprint density at radius 2 is 2.17 bits per heavy atom. The minimum absolute atomic E-state index is 0.0622. The predicted octanol–water partition coefficient (Wildman–Crippen LogP) is 2.07. The highest BCUT2D eigenvalue weighted by Gasteiger charge is 2.23. The van der Waals surface area contributed by atoms with Crippen molar-refractivity contribution >= 4 is 17.5 Å². The van der Waals surface area contributed by atoms with Crippen molar-refractivity contribution in [3.05, 3.63) is 23.0 Å². The molecule has 2 atom stereocenters. The van der Waals surface area contributed by atoms with Gasteiger partial charge in [-0.1, -0.05) is 30.9 Å². The van der Waals surface area contributed by atoms with Gasteiger partial charge in [0.1, 0.15) is 5.69 Å². The Hall–Kier alpha value is -1.00. The molecule has 3 N–H and O–H groups in total. The summed E-state index contributed by atoms with van der Waals surface area (Å²) in [7, 11) is 1.81. The third kappa shape index (κ3) is 3.06. The summed E-state index contributed by atoms with van der Waals surface area (Å²) in [6.07, 6.45) is 7.17. The maximum atomic E-state index is 12.2. The molecule has 0 aromatic carbocycles. The molecular formula is C13H20ClN3O. The fraction of sp³-hybridized carbons (Fsp3) is 0.615. The molecule has 0 radical (unpaired) electrons. The molecule has 1 aliphatic carbocycles. The van der Waals surface area contributed by atoms with Gasteiger partial charge in [0.25, 0.3) is 5.91 Å². The Labute approximate surface area is 112 Å². The summed E-state index contributed by atoms with van der Waals surface area (Å²) in [5, 5.41) is 3.61. The molecule has 1 heterocycles. The number of aryl methyl sites for hydroxylation is 1. The van der Waals surface area contributed by atoms with Crippen LogP contribution in [-0.2, 0) is 7.05 Å². The zero-order chi connectivity index (χ0) is 13.1. The van der Waals surface area contributed by atoms with Crippen LogP contribution in [0.25, 0.3) is 0 Å². The molecule has 1 amide bonds. The summed E-state index contributed by atoms with van der Waals surface area (Å²) in [5.74, 6) is -0.0910. The summed E-state index contributed by atoms with van der Waals surface area (Å²) in [4.78, 5) is 12.2. The number of nitrogens with one attached hydrogen (secondary N) is 1. The van der Waals surface area contributed by atoms with Crippen LogP contribution in [0.4, 0.5) is 0 Å². The fourth-order valence-electron chi connectivity index (χ4n) is 2.51. The molecule has 0 saturated heterocycles. The molecule has 1 fully saturated rings. The van der Waals surface area contributed by atoms with E-state index in [1.807, 2.05) is 7.05 Å². The number of aromatic nitrogens is 1. The van der Waals surface area contributed by atoms with E-state index < -0.39 is 0 Å². The van der Waals surface area contributed by atoms with Gasteiger partial charge >= 0.3 is 0 Å². The van der Waals surface area contributed by atoms with Gasteiger partial charge < -0.3 is 15.6 Å². The van der Waals surface area contributed by atoms with E-state index in [2.05, 4.69) is 5.32 Å². The van der Waals surface area contributed by atoms with Crippen molar-refractivity contribution in [3.8, 4) is 0 Å². The highest BCUT2D eigenvalue weighted by molar-refractivity contribution is 6.31. The topological polar surface area (TPSA) is 60.0 Å². The lowest BCUT2D eigenvalue weighted by Gasteiger charge is -2.22. The second-order valence-corrected chi connectivity index (χ2v) is 5.47. The van der Waals surface area contributed by atoms with Gasteiger partial charge in [0.05, 0.1) is 5.02 Å². The lowest BCUT2D eigenvalue weighted by molar-refractivity contribution is 0.0920. The molecule has 1 aliphatic rings. The SMILES string of the molecule is Cn1cc(Cl)cc1C(=O)NC1CCCCCC1N. The van der Waals surface area contributed by atoms with E-state index >= 15 is 0 Å². The Balaban J connectivity index is 2.04. The van der Waals surface area contributed by atoms with Gasteiger partial charge in [0.15, 0.2) is 0 Å². The molecule has 1 saturated carbocycles. The van der Waals surface area contributed by atoms with E-state index in [0.717, 1.165) is 25.7 Å². The first-order valence-corrected chi connectivity index (χ1v) is 6.84. The van der Waals surface area contributed by atoms with E-state index in [-0.39, 0.29) is 18.0 Å². The number of carbonyl (C=O) groups is 1. The molecule has 18 heavy (non-hydrogen) atoms. The molecular weight excluding hydrogens is 250 g/mol. The van der Waals surface area contributed by atoms with Gasteiger partial charge in [0.2, 0.25) is 0 Å². The summed E-state index contributed by atoms with van der Waals surface area (Å²) >= 11 is 5.88. The number of amides is 1. The third-order valence-corrected chi connectivity index (χ3v) is 3.80. The Morgan fingerprint density at radius 3 is 2.83 bits per heavy atom. The fourth-order valence-corrected chi connectivity index (χ4v) is 2.76. The molecule has 0 bridgehead atoms. The van der Waals surface area contributed by atoms with Gasteiger partial charge in [-0.2, -0.15) is 0 Å². The van der Waals surface area contributed by atoms with Crippen LogP contribution in [0.5, 0.6) is 0 Å². The van der Waals surface area contributed by atoms with Crippen molar-refractivity contribution in [1.29, 1.82) is 0 Å². The van der Waals surface area contributed by atoms with Gasteiger partial charge in [-0.3, -0.25) is 4.79 Å². The first-order valence-electron chi connectivity index (χ1n) is 6.46. The lowest BCUT2D eigenvalue weighted by Crippen LogP contribution is -2.47. The number of nitrogens with two attached hydrogens (primary N) is 1. The van der Waals surface area contributed by atoms with Crippen molar-refractivity contribution in [2.75, 3.05) is 0 Å². The van der Waals surface area contributed by atoms with Crippen molar-refractivity contribution in [3.63, 3.8) is 0 Å². The maximum Gasteiger partial charge on any atom is 0.268 e. The minimum atomic E-state index is -0.0910. The van der Waals surface area contributed by atoms with E-state index in [1.165, 1.54) is 6.42 Å². The molecule has 0 aliphatic heterocycles. The first-order chi connectivity index (χ1) is 8.58. The second kappa shape index (κ2) is 5.76. The molecule has 100 valence electrons. The van der Waals surface area contributed by atoms with Crippen molar-refractivity contribution in [2.45, 2.75) is 44.2 Å². The number of carbonyl (C=O) groups excluding carboxylic acids is 1. The Morgan fingerprint density at radius 1 is 1.44 bits per heavy atom. The maximum absolute atomic E-state index is 12.2. The summed E-state index contributed by atoms with van der Waals surface area (Å²) in [5.41, 5.74) is 6.68. The van der Waals surface area contributed by atoms with Crippen molar-refractivity contribution in [2.24, 2.45) is 12.8 Å². The number of halogens is 1. The van der Waals surface area contributed by atoms with Crippen LogP contribution >= 0.6 is 11.6 Å². The smallest absolute Gasteiger partial charge is 0.268 e. The summed E-state index contributed by atoms with van der Waals surface area (Å²) < 4.78 is 1.74. The number of rotatable bonds is 2. The van der Waals surface area contributed by atoms with Crippen LogP contribution in [0.15, 0.2) is 12.3 Å². The molecule has 1 aromatic rings. The van der Waals surface area contributed by atoms with Crippen LogP contribution in [0.3, 0.4) is 0 Å². The average molecular weight is 270 g/mol. The Kier molecular flexibility index (Phi) is 4.30. The molecule has 4 nitrogen and oxygen atoms in total. The quantitative estimate of drug-likeness (QED) is 0.808. The van der Waals surface area contributed by atoms with E-state index in [4.69, 9.17) is 17.3 Å². The number of hydrogen-bond acceptors (Lipinski definition) is 2. The molecule has 2 rings (SSSR count). The van der Waals surface area contributed by atoms with Crippen molar-refractivity contribution < 1.29 is 4.79 Å². The second-order valence-electron chi connectivity index (χ2n) is 5.04. The zero-order valence-corrected chi connectivity index (χ0v) is 11.4. The number of hydrogen-bond donors (Lipinski definition) is 2. The summed E-state index contributed by atoms with van der Waals surface area (Å²) in [6, 6.07) is 1.82. The molecule has 1 aromatic heterocycles. The Bertz CT molecular complexity index is 430. The predicted molar refractivity (Wildman–Crippen MR) is 72.7 cm³/mol. The largest absolute Gasteiger partial charge is 0.346 e. The standard InChI is InChI=1S/C13H20ClN3O/c1-17-8-9(14)7-12(17)13(18)16-11-6-4-2-3-5-10(11)15/h7-8,10-11H,2-6,15H2,1H3,(H,16,18). The van der Waals surface area contributed by atoms with Crippen LogP contribution in [0.2, 0.25) is 5.02 Å². The van der Waals surface area contributed by atoms with Crippen LogP contribution in [-0.4, -0.2) is 22.6 Å². The van der Waals surface area contributed by atoms with E-state index in [1.54, 1.807) is 16.8 Å². The zero-order valence-electron chi connectivity index (χ0n) is 10.7. The van der Waals surface area contributed by atoms with Gasteiger partial charge in [0, 0.05) is 25.3 Å². The van der Waals surface area contributed by atoms with Crippen LogP contribution < -0.4 is 11.1 Å². The lowest BCUT2D eigenvalue weighted by atomic mass is 10.0. The van der Waals surface area contributed by atoms with Gasteiger partial charge in [-0.25, -0.2) is 0 Å². The molecule has 0 spiro atoms. The number of nitrogens with zero attached hydrogens (tertiary/aromatic N) is 1. The van der Waals surface area contributed by atoms with E-state index in [0.29, 0.717) is 10.7 Å². The third-order valence-electron chi connectivity index (χ3n) is 3.59. The highest BCUT2D eigenvalue weighted by atomic mass is 35.5. The van der Waals surface area contributed by atoms with Crippen LogP contribution in [0, 0.1) is 0 Å². The van der Waals surface area contributed by atoms with Gasteiger partial charge in [-0.15, -0.1) is 0 Å².